The van der Waals surface area contributed by atoms with Gasteiger partial charge < -0.3 is 4.42 Å². The van der Waals surface area contributed by atoms with Crippen LogP contribution in [-0.2, 0) is 7.05 Å². The van der Waals surface area contributed by atoms with E-state index in [1.807, 2.05) is 19.1 Å². The first-order valence-corrected chi connectivity index (χ1v) is 6.69. The van der Waals surface area contributed by atoms with Gasteiger partial charge in [-0.1, -0.05) is 0 Å². The zero-order valence-electron chi connectivity index (χ0n) is 10.8. The van der Waals surface area contributed by atoms with Crippen LogP contribution in [0, 0.1) is 6.92 Å². The lowest BCUT2D eigenvalue weighted by atomic mass is 10.2. The van der Waals surface area contributed by atoms with E-state index in [0.29, 0.717) is 11.5 Å². The van der Waals surface area contributed by atoms with Gasteiger partial charge in [-0.3, -0.25) is 10.1 Å². The topological polar surface area (TPSA) is 73.0 Å². The number of aromatic nitrogens is 3. The number of furan rings is 1. The van der Waals surface area contributed by atoms with Crippen molar-refractivity contribution in [1.82, 2.24) is 14.8 Å². The number of amides is 1. The summed E-state index contributed by atoms with van der Waals surface area (Å²) in [7, 11) is 1.70. The maximum absolute atomic E-state index is 12.1. The number of nitrogens with zero attached hydrogens (tertiary/aromatic N) is 3. The average Bonchev–Trinajstić information content (AvgIpc) is 2.96. The molecular weight excluding hydrogens is 324 g/mol. The Morgan fingerprint density at radius 3 is 2.90 bits per heavy atom. The van der Waals surface area contributed by atoms with Gasteiger partial charge in [-0.05, 0) is 46.6 Å². The highest BCUT2D eigenvalue weighted by Gasteiger charge is 2.16. The predicted molar refractivity (Wildman–Crippen MR) is 77.6 cm³/mol. The second kappa shape index (κ2) is 4.75. The number of benzene rings is 1. The predicted octanol–water partition coefficient (Wildman–Crippen LogP) is 2.88. The van der Waals surface area contributed by atoms with Gasteiger partial charge in [-0.2, -0.15) is 10.1 Å². The summed E-state index contributed by atoms with van der Waals surface area (Å²) in [5.74, 6) is 0.238. The summed E-state index contributed by atoms with van der Waals surface area (Å²) in [4.78, 5) is 16.1. The fourth-order valence-corrected chi connectivity index (χ4v) is 2.61. The van der Waals surface area contributed by atoms with E-state index in [2.05, 4.69) is 31.3 Å². The van der Waals surface area contributed by atoms with Crippen LogP contribution < -0.4 is 5.32 Å². The summed E-state index contributed by atoms with van der Waals surface area (Å²) in [6.07, 6.45) is 1.37. The van der Waals surface area contributed by atoms with Gasteiger partial charge in [0.15, 0.2) is 5.76 Å². The van der Waals surface area contributed by atoms with Crippen LogP contribution in [-0.4, -0.2) is 20.7 Å². The highest BCUT2D eigenvalue weighted by Crippen LogP contribution is 2.28. The van der Waals surface area contributed by atoms with E-state index >= 15 is 0 Å². The van der Waals surface area contributed by atoms with Gasteiger partial charge in [-0.15, -0.1) is 0 Å². The Bertz CT molecular complexity index is 806. The number of anilines is 1. The van der Waals surface area contributed by atoms with Gasteiger partial charge >= 0.3 is 0 Å². The highest BCUT2D eigenvalue weighted by atomic mass is 79.9. The summed E-state index contributed by atoms with van der Waals surface area (Å²) in [6.45, 7) is 1.98. The quantitative estimate of drug-likeness (QED) is 0.782. The van der Waals surface area contributed by atoms with Crippen LogP contribution in [0.2, 0.25) is 0 Å². The van der Waals surface area contributed by atoms with E-state index in [4.69, 9.17) is 4.42 Å². The molecule has 0 aliphatic carbocycles. The molecule has 7 heteroatoms. The van der Waals surface area contributed by atoms with E-state index in [1.54, 1.807) is 13.1 Å². The zero-order chi connectivity index (χ0) is 14.3. The fourth-order valence-electron chi connectivity index (χ4n) is 1.94. The smallest absolute Gasteiger partial charge is 0.293 e. The van der Waals surface area contributed by atoms with E-state index in [0.717, 1.165) is 15.4 Å². The number of nitrogens with one attached hydrogen (secondary N) is 1. The molecule has 1 N–H and O–H groups in total. The molecule has 2 heterocycles. The van der Waals surface area contributed by atoms with Crippen molar-refractivity contribution in [1.29, 1.82) is 0 Å². The molecule has 0 aliphatic rings. The molecule has 0 atom stereocenters. The second-order valence-corrected chi connectivity index (χ2v) is 5.29. The minimum atomic E-state index is -0.359. The largest absolute Gasteiger partial charge is 0.450 e. The minimum absolute atomic E-state index is 0.231. The highest BCUT2D eigenvalue weighted by molar-refractivity contribution is 9.10. The number of carbonyl (C=O) groups excluding carboxylic acids is 1. The van der Waals surface area contributed by atoms with Crippen molar-refractivity contribution in [2.75, 3.05) is 5.32 Å². The number of aryl methyl sites for hydroxylation is 2. The Balaban J connectivity index is 1.96. The van der Waals surface area contributed by atoms with Crippen molar-refractivity contribution >= 4 is 38.8 Å². The molecule has 3 rings (SSSR count). The molecule has 0 saturated heterocycles. The van der Waals surface area contributed by atoms with Gasteiger partial charge in [0.05, 0.1) is 4.47 Å². The average molecular weight is 335 g/mol. The number of hydrogen-bond acceptors (Lipinski definition) is 4. The lowest BCUT2D eigenvalue weighted by molar-refractivity contribution is 0.0997. The van der Waals surface area contributed by atoms with Crippen molar-refractivity contribution in [2.24, 2.45) is 7.05 Å². The second-order valence-electron chi connectivity index (χ2n) is 4.44. The van der Waals surface area contributed by atoms with Crippen molar-refractivity contribution in [3.05, 3.63) is 40.3 Å². The van der Waals surface area contributed by atoms with E-state index < -0.39 is 0 Å². The molecule has 0 unspecified atom stereocenters. The van der Waals surface area contributed by atoms with Gasteiger partial charge in [0.2, 0.25) is 5.95 Å². The molecule has 0 fully saturated rings. The van der Waals surface area contributed by atoms with E-state index in [-0.39, 0.29) is 11.7 Å². The van der Waals surface area contributed by atoms with Crippen molar-refractivity contribution in [3.63, 3.8) is 0 Å². The summed E-state index contributed by atoms with van der Waals surface area (Å²) in [5.41, 5.74) is 1.74. The SMILES string of the molecule is Cc1cc(Br)c2oc(C(=O)Nc3ncnn3C)cc2c1. The molecule has 20 heavy (non-hydrogen) atoms. The Hall–Kier alpha value is -2.15. The lowest BCUT2D eigenvalue weighted by Crippen LogP contribution is -2.14. The van der Waals surface area contributed by atoms with Crippen molar-refractivity contribution < 1.29 is 9.21 Å². The molecule has 0 spiro atoms. The molecule has 0 aliphatic heterocycles. The monoisotopic (exact) mass is 334 g/mol. The molecule has 102 valence electrons. The van der Waals surface area contributed by atoms with E-state index in [9.17, 15) is 4.79 Å². The first-order valence-electron chi connectivity index (χ1n) is 5.89. The number of carbonyl (C=O) groups is 1. The summed E-state index contributed by atoms with van der Waals surface area (Å²) in [5, 5.41) is 7.40. The van der Waals surface area contributed by atoms with Crippen LogP contribution in [0.1, 0.15) is 16.1 Å². The molecule has 6 nitrogen and oxygen atoms in total. The van der Waals surface area contributed by atoms with Crippen molar-refractivity contribution in [2.45, 2.75) is 6.92 Å². The summed E-state index contributed by atoms with van der Waals surface area (Å²) >= 11 is 3.43. The standard InChI is InChI=1S/C13H11BrN4O2/c1-7-3-8-5-10(20-11(8)9(14)4-7)12(19)17-13-15-6-16-18(13)2/h3-6H,1-2H3,(H,15,16,17,19). The minimum Gasteiger partial charge on any atom is -0.450 e. The maximum atomic E-state index is 12.1. The van der Waals surface area contributed by atoms with Crippen LogP contribution in [0.5, 0.6) is 0 Å². The van der Waals surface area contributed by atoms with Crippen LogP contribution in [0.25, 0.3) is 11.0 Å². The Morgan fingerprint density at radius 1 is 1.40 bits per heavy atom. The zero-order valence-corrected chi connectivity index (χ0v) is 12.4. The Labute approximate surface area is 122 Å². The molecule has 0 radical (unpaired) electrons. The van der Waals surface area contributed by atoms with Crippen LogP contribution >= 0.6 is 15.9 Å². The van der Waals surface area contributed by atoms with Gasteiger partial charge in [0.25, 0.3) is 5.91 Å². The van der Waals surface area contributed by atoms with Gasteiger partial charge in [0.1, 0.15) is 11.9 Å². The number of rotatable bonds is 2. The molecule has 0 saturated carbocycles. The normalized spacial score (nSPS) is 10.9. The third-order valence-electron chi connectivity index (χ3n) is 2.88. The molecule has 2 aromatic heterocycles. The Morgan fingerprint density at radius 2 is 2.20 bits per heavy atom. The first-order chi connectivity index (χ1) is 9.54. The van der Waals surface area contributed by atoms with Gasteiger partial charge in [-0.25, -0.2) is 4.68 Å². The number of fused-ring (bicyclic) bond motifs is 1. The van der Waals surface area contributed by atoms with Crippen LogP contribution in [0.4, 0.5) is 5.95 Å². The molecule has 1 amide bonds. The lowest BCUT2D eigenvalue weighted by Gasteiger charge is -2.00. The summed E-state index contributed by atoms with van der Waals surface area (Å²) < 4.78 is 7.88. The van der Waals surface area contributed by atoms with E-state index in [1.165, 1.54) is 11.0 Å². The molecule has 1 aromatic carbocycles. The molecule has 0 bridgehead atoms. The van der Waals surface area contributed by atoms with Crippen LogP contribution in [0.3, 0.4) is 0 Å². The number of halogens is 1. The first kappa shape index (κ1) is 12.9. The third kappa shape index (κ3) is 2.20. The third-order valence-corrected chi connectivity index (χ3v) is 3.46. The Kier molecular flexibility index (Phi) is 3.06. The molecule has 3 aromatic rings. The summed E-state index contributed by atoms with van der Waals surface area (Å²) in [6, 6.07) is 5.61. The van der Waals surface area contributed by atoms with Gasteiger partial charge in [0, 0.05) is 12.4 Å². The number of hydrogen-bond donors (Lipinski definition) is 1. The maximum Gasteiger partial charge on any atom is 0.293 e. The van der Waals surface area contributed by atoms with Crippen LogP contribution in [0.15, 0.2) is 33.4 Å². The van der Waals surface area contributed by atoms with Crippen molar-refractivity contribution in [3.8, 4) is 0 Å². The molecular formula is C13H11BrN4O2. The fraction of sp³-hybridized carbons (Fsp3) is 0.154.